The summed E-state index contributed by atoms with van der Waals surface area (Å²) in [4.78, 5) is 4.42. The Balaban J connectivity index is 1.91. The molecule has 0 bridgehead atoms. The number of pyridine rings is 1. The van der Waals surface area contributed by atoms with Crippen molar-refractivity contribution in [2.45, 2.75) is 26.4 Å². The lowest BCUT2D eigenvalue weighted by Gasteiger charge is -2.07. The van der Waals surface area contributed by atoms with E-state index in [0.717, 1.165) is 30.9 Å². The molecule has 0 amide bonds. The largest absolute Gasteiger partial charge is 0.439 e. The highest BCUT2D eigenvalue weighted by Gasteiger charge is 2.00. The summed E-state index contributed by atoms with van der Waals surface area (Å²) in [5, 5.41) is 0. The molecule has 0 aliphatic rings. The third-order valence-electron chi connectivity index (χ3n) is 2.64. The molecule has 0 N–H and O–H groups in total. The fourth-order valence-corrected chi connectivity index (χ4v) is 1.63. The lowest BCUT2D eigenvalue weighted by molar-refractivity contribution is 0.115. The van der Waals surface area contributed by atoms with Crippen LogP contribution < -0.4 is 4.74 Å². The molecule has 0 fully saturated rings. The molecule has 0 saturated heterocycles. The molecule has 2 aromatic rings. The van der Waals surface area contributed by atoms with Gasteiger partial charge in [0, 0.05) is 12.7 Å². The van der Waals surface area contributed by atoms with Gasteiger partial charge in [0.25, 0.3) is 0 Å². The van der Waals surface area contributed by atoms with E-state index in [9.17, 15) is 0 Å². The third kappa shape index (κ3) is 4.72. The van der Waals surface area contributed by atoms with Crippen molar-refractivity contribution in [2.24, 2.45) is 0 Å². The molecule has 1 aromatic carbocycles. The molecule has 2 rings (SSSR count). The Kier molecular flexibility index (Phi) is 5.38. The van der Waals surface area contributed by atoms with Gasteiger partial charge < -0.3 is 9.47 Å². The summed E-state index contributed by atoms with van der Waals surface area (Å²) in [6, 6.07) is 15.4. The quantitative estimate of drug-likeness (QED) is 0.697. The third-order valence-corrected chi connectivity index (χ3v) is 2.64. The van der Waals surface area contributed by atoms with E-state index >= 15 is 0 Å². The monoisotopic (exact) mass is 257 g/mol. The normalized spacial score (nSPS) is 10.4. The summed E-state index contributed by atoms with van der Waals surface area (Å²) in [7, 11) is 0. The molecule has 100 valence electrons. The van der Waals surface area contributed by atoms with Crippen molar-refractivity contribution in [1.29, 1.82) is 0 Å². The Morgan fingerprint density at radius 3 is 2.63 bits per heavy atom. The van der Waals surface area contributed by atoms with Gasteiger partial charge in [0.2, 0.25) is 5.88 Å². The molecule has 1 heterocycles. The van der Waals surface area contributed by atoms with Gasteiger partial charge in [0.15, 0.2) is 0 Å². The van der Waals surface area contributed by atoms with Crippen LogP contribution in [0.25, 0.3) is 0 Å². The van der Waals surface area contributed by atoms with Crippen LogP contribution in [0.4, 0.5) is 0 Å². The first-order valence-electron chi connectivity index (χ1n) is 6.65. The van der Waals surface area contributed by atoms with E-state index in [2.05, 4.69) is 11.9 Å². The molecule has 3 heteroatoms. The Morgan fingerprint density at radius 1 is 1.00 bits per heavy atom. The van der Waals surface area contributed by atoms with Crippen molar-refractivity contribution in [2.75, 3.05) is 6.61 Å². The highest BCUT2D eigenvalue weighted by atomic mass is 16.5. The molecular formula is C16H19NO2. The molecule has 1 aromatic heterocycles. The second-order valence-electron chi connectivity index (χ2n) is 4.29. The van der Waals surface area contributed by atoms with Gasteiger partial charge in [-0.2, -0.15) is 0 Å². The standard InChI is InChI=1S/C16H19NO2/c1-2-3-12-18-13-14-8-7-11-16(17-14)19-15-9-5-4-6-10-15/h4-11H,2-3,12-13H2,1H3. The zero-order chi connectivity index (χ0) is 13.3. The number of aromatic nitrogens is 1. The lowest BCUT2D eigenvalue weighted by atomic mass is 10.3. The topological polar surface area (TPSA) is 31.4 Å². The number of hydrogen-bond donors (Lipinski definition) is 0. The van der Waals surface area contributed by atoms with Gasteiger partial charge in [-0.05, 0) is 24.6 Å². The van der Waals surface area contributed by atoms with Gasteiger partial charge in [0.05, 0.1) is 12.3 Å². The van der Waals surface area contributed by atoms with Crippen molar-refractivity contribution in [3.05, 3.63) is 54.2 Å². The lowest BCUT2D eigenvalue weighted by Crippen LogP contribution is -1.98. The second-order valence-corrected chi connectivity index (χ2v) is 4.29. The molecular weight excluding hydrogens is 238 g/mol. The van der Waals surface area contributed by atoms with Crippen molar-refractivity contribution in [1.82, 2.24) is 4.98 Å². The van der Waals surface area contributed by atoms with Gasteiger partial charge in [-0.3, -0.25) is 0 Å². The van der Waals surface area contributed by atoms with Gasteiger partial charge in [-0.15, -0.1) is 0 Å². The van der Waals surface area contributed by atoms with E-state index in [-0.39, 0.29) is 0 Å². The molecule has 3 nitrogen and oxygen atoms in total. The maximum absolute atomic E-state index is 5.68. The van der Waals surface area contributed by atoms with Crippen molar-refractivity contribution < 1.29 is 9.47 Å². The van der Waals surface area contributed by atoms with E-state index in [1.54, 1.807) is 0 Å². The molecule has 0 spiro atoms. The van der Waals surface area contributed by atoms with E-state index in [1.165, 1.54) is 0 Å². The van der Waals surface area contributed by atoms with Crippen LogP contribution in [0.15, 0.2) is 48.5 Å². The Hall–Kier alpha value is -1.87. The van der Waals surface area contributed by atoms with Crippen LogP contribution in [0, 0.1) is 0 Å². The summed E-state index contributed by atoms with van der Waals surface area (Å²) < 4.78 is 11.2. The van der Waals surface area contributed by atoms with E-state index in [0.29, 0.717) is 12.5 Å². The van der Waals surface area contributed by atoms with E-state index in [1.807, 2.05) is 48.5 Å². The summed E-state index contributed by atoms with van der Waals surface area (Å²) in [5.41, 5.74) is 0.893. The molecule has 0 radical (unpaired) electrons. The minimum absolute atomic E-state index is 0.534. The van der Waals surface area contributed by atoms with Crippen LogP contribution in [0.2, 0.25) is 0 Å². The molecule has 0 aliphatic carbocycles. The van der Waals surface area contributed by atoms with Crippen LogP contribution in [0.5, 0.6) is 11.6 Å². The number of unbranched alkanes of at least 4 members (excludes halogenated alkanes) is 1. The van der Waals surface area contributed by atoms with Crippen LogP contribution >= 0.6 is 0 Å². The van der Waals surface area contributed by atoms with Crippen LogP contribution in [-0.2, 0) is 11.3 Å². The number of rotatable bonds is 7. The van der Waals surface area contributed by atoms with Crippen molar-refractivity contribution in [3.8, 4) is 11.6 Å². The predicted molar refractivity (Wildman–Crippen MR) is 75.3 cm³/mol. The van der Waals surface area contributed by atoms with E-state index < -0.39 is 0 Å². The highest BCUT2D eigenvalue weighted by Crippen LogP contribution is 2.18. The van der Waals surface area contributed by atoms with E-state index in [4.69, 9.17) is 9.47 Å². The summed E-state index contributed by atoms with van der Waals surface area (Å²) in [6.45, 7) is 3.46. The SMILES string of the molecule is CCCCOCc1cccc(Oc2ccccc2)n1. The molecule has 0 unspecified atom stereocenters. The number of hydrogen-bond acceptors (Lipinski definition) is 3. The number of benzene rings is 1. The maximum atomic E-state index is 5.68. The second kappa shape index (κ2) is 7.54. The van der Waals surface area contributed by atoms with Crippen LogP contribution in [-0.4, -0.2) is 11.6 Å². The highest BCUT2D eigenvalue weighted by molar-refractivity contribution is 5.27. The molecule has 0 atom stereocenters. The first-order valence-corrected chi connectivity index (χ1v) is 6.65. The summed E-state index contributed by atoms with van der Waals surface area (Å²) in [6.07, 6.45) is 2.23. The Morgan fingerprint density at radius 2 is 1.84 bits per heavy atom. The first-order chi connectivity index (χ1) is 9.38. The number of nitrogens with zero attached hydrogens (tertiary/aromatic N) is 1. The average molecular weight is 257 g/mol. The smallest absolute Gasteiger partial charge is 0.219 e. The summed E-state index contributed by atoms with van der Waals surface area (Å²) >= 11 is 0. The minimum atomic E-state index is 0.534. The van der Waals surface area contributed by atoms with Crippen LogP contribution in [0.1, 0.15) is 25.5 Å². The molecule has 19 heavy (non-hydrogen) atoms. The Labute approximate surface area is 114 Å². The molecule has 0 saturated carbocycles. The van der Waals surface area contributed by atoms with Gasteiger partial charge >= 0.3 is 0 Å². The van der Waals surface area contributed by atoms with Gasteiger partial charge in [0.1, 0.15) is 5.75 Å². The zero-order valence-electron chi connectivity index (χ0n) is 11.2. The van der Waals surface area contributed by atoms with Crippen molar-refractivity contribution >= 4 is 0 Å². The van der Waals surface area contributed by atoms with Crippen molar-refractivity contribution in [3.63, 3.8) is 0 Å². The minimum Gasteiger partial charge on any atom is -0.439 e. The van der Waals surface area contributed by atoms with Gasteiger partial charge in [-0.1, -0.05) is 37.6 Å². The Bertz CT molecular complexity index is 485. The summed E-state index contributed by atoms with van der Waals surface area (Å²) in [5.74, 6) is 1.39. The number of ether oxygens (including phenoxy) is 2. The zero-order valence-corrected chi connectivity index (χ0v) is 11.2. The average Bonchev–Trinajstić information content (AvgIpc) is 2.45. The maximum Gasteiger partial charge on any atom is 0.219 e. The fraction of sp³-hybridized carbons (Fsp3) is 0.312. The molecule has 0 aliphatic heterocycles. The fourth-order valence-electron chi connectivity index (χ4n) is 1.63. The predicted octanol–water partition coefficient (Wildman–Crippen LogP) is 4.19. The van der Waals surface area contributed by atoms with Crippen LogP contribution in [0.3, 0.4) is 0 Å². The number of para-hydroxylation sites is 1. The first kappa shape index (κ1) is 13.6. The van der Waals surface area contributed by atoms with Gasteiger partial charge in [-0.25, -0.2) is 4.98 Å².